The number of guanidine groups is 1. The van der Waals surface area contributed by atoms with E-state index in [1.807, 2.05) is 0 Å². The molecule has 3 heterocycles. The first-order valence-electron chi connectivity index (χ1n) is 10.3. The summed E-state index contributed by atoms with van der Waals surface area (Å²) in [7, 11) is 1.40. The predicted octanol–water partition coefficient (Wildman–Crippen LogP) is 3.82. The second-order valence-electron chi connectivity index (χ2n) is 7.90. The molecule has 3 aromatic rings. The van der Waals surface area contributed by atoms with Crippen molar-refractivity contribution in [3.8, 4) is 16.9 Å². The van der Waals surface area contributed by atoms with Crippen LogP contribution in [0.1, 0.15) is 11.1 Å². The Morgan fingerprint density at radius 1 is 1.03 bits per heavy atom. The van der Waals surface area contributed by atoms with E-state index in [1.165, 1.54) is 18.1 Å². The molecule has 0 saturated heterocycles. The van der Waals surface area contributed by atoms with E-state index in [4.69, 9.17) is 10.5 Å². The maximum Gasteiger partial charge on any atom is 0.284 e. The zero-order valence-electron chi connectivity index (χ0n) is 17.7. The van der Waals surface area contributed by atoms with Gasteiger partial charge in [0.1, 0.15) is 12.4 Å². The molecule has 0 unspecified atom stereocenters. The van der Waals surface area contributed by atoms with Crippen LogP contribution in [0.15, 0.2) is 77.0 Å². The number of aliphatic imine (C=N–C) groups is 2. The Labute approximate surface area is 188 Å². The van der Waals surface area contributed by atoms with Crippen molar-refractivity contribution in [1.29, 1.82) is 0 Å². The Morgan fingerprint density at radius 3 is 2.55 bits per heavy atom. The number of nitrogens with two attached hydrogens (primary N) is 1. The first-order chi connectivity index (χ1) is 15.9. The summed E-state index contributed by atoms with van der Waals surface area (Å²) in [5, 5.41) is 0. The second kappa shape index (κ2) is 7.61. The minimum absolute atomic E-state index is 0.0529. The summed E-state index contributed by atoms with van der Waals surface area (Å²) in [4.78, 5) is 14.2. The maximum absolute atomic E-state index is 15.0. The van der Waals surface area contributed by atoms with Crippen LogP contribution in [-0.2, 0) is 5.54 Å². The first-order valence-corrected chi connectivity index (χ1v) is 10.3. The third-order valence-electron chi connectivity index (χ3n) is 5.86. The number of alkyl halides is 2. The van der Waals surface area contributed by atoms with Crippen molar-refractivity contribution in [2.45, 2.75) is 11.5 Å². The number of halogens is 3. The molecule has 6 nitrogen and oxygen atoms in total. The van der Waals surface area contributed by atoms with Gasteiger partial charge in [-0.2, -0.15) is 0 Å². The van der Waals surface area contributed by atoms with Crippen LogP contribution >= 0.6 is 0 Å². The zero-order valence-corrected chi connectivity index (χ0v) is 17.7. The fourth-order valence-electron chi connectivity index (χ4n) is 4.36. The van der Waals surface area contributed by atoms with Crippen molar-refractivity contribution >= 4 is 11.8 Å². The number of rotatable bonds is 4. The lowest BCUT2D eigenvalue weighted by molar-refractivity contribution is -0.00437. The number of hydrogen-bond acceptors (Lipinski definition) is 6. The summed E-state index contributed by atoms with van der Waals surface area (Å²) in [6, 6.07) is 15.5. The molecule has 1 atom stereocenters. The van der Waals surface area contributed by atoms with Gasteiger partial charge < -0.3 is 10.5 Å². The third kappa shape index (κ3) is 3.31. The van der Waals surface area contributed by atoms with E-state index in [0.29, 0.717) is 28.1 Å². The molecule has 2 N–H and O–H groups in total. The van der Waals surface area contributed by atoms with Gasteiger partial charge >= 0.3 is 0 Å². The molecular formula is C24H20F3N5O. The second-order valence-corrected chi connectivity index (χ2v) is 7.90. The molecule has 2 aliphatic heterocycles. The van der Waals surface area contributed by atoms with E-state index in [9.17, 15) is 8.78 Å². The van der Waals surface area contributed by atoms with Gasteiger partial charge in [-0.25, -0.2) is 18.2 Å². The Balaban J connectivity index is 1.73. The smallest absolute Gasteiger partial charge is 0.284 e. The SMILES string of the molecule is COc1cccc(-c2cccc([C@@]3(c4ccncc4)N=C(N)N4CC(F)(F)CN=C43)c2)c1F. The van der Waals surface area contributed by atoms with E-state index in [0.717, 1.165) is 0 Å². The van der Waals surface area contributed by atoms with Crippen LogP contribution in [0.4, 0.5) is 13.2 Å². The van der Waals surface area contributed by atoms with Gasteiger partial charge in [0.25, 0.3) is 5.92 Å². The van der Waals surface area contributed by atoms with Gasteiger partial charge in [-0.15, -0.1) is 0 Å². The number of ether oxygens (including phenoxy) is 1. The van der Waals surface area contributed by atoms with Gasteiger partial charge in [-0.1, -0.05) is 30.3 Å². The summed E-state index contributed by atoms with van der Waals surface area (Å²) in [5.41, 5.74) is 7.06. The number of pyridine rings is 1. The Kier molecular flexibility index (Phi) is 4.84. The molecule has 0 radical (unpaired) electrons. The number of hydrogen-bond donors (Lipinski definition) is 1. The topological polar surface area (TPSA) is 76.1 Å². The molecule has 33 heavy (non-hydrogen) atoms. The average Bonchev–Trinajstić information content (AvgIpc) is 3.11. The number of fused-ring (bicyclic) bond motifs is 1. The van der Waals surface area contributed by atoms with Gasteiger partial charge in [0.15, 0.2) is 23.1 Å². The molecule has 2 aliphatic rings. The molecule has 0 aliphatic carbocycles. The van der Waals surface area contributed by atoms with E-state index < -0.39 is 30.4 Å². The van der Waals surface area contributed by atoms with Crippen LogP contribution < -0.4 is 10.5 Å². The summed E-state index contributed by atoms with van der Waals surface area (Å²) in [5.74, 6) is -3.15. The molecular weight excluding hydrogens is 431 g/mol. The zero-order chi connectivity index (χ0) is 23.2. The van der Waals surface area contributed by atoms with Gasteiger partial charge in [0.05, 0.1) is 13.7 Å². The Bertz CT molecular complexity index is 1280. The molecule has 9 heteroatoms. The fourth-order valence-corrected chi connectivity index (χ4v) is 4.36. The largest absolute Gasteiger partial charge is 0.494 e. The van der Waals surface area contributed by atoms with Crippen LogP contribution in [-0.4, -0.2) is 47.8 Å². The molecule has 0 spiro atoms. The Hall–Kier alpha value is -3.88. The molecule has 0 saturated carbocycles. The van der Waals surface area contributed by atoms with Crippen LogP contribution in [0.2, 0.25) is 0 Å². The average molecular weight is 451 g/mol. The highest BCUT2D eigenvalue weighted by Crippen LogP contribution is 2.43. The summed E-state index contributed by atoms with van der Waals surface area (Å²) in [6.45, 7) is -1.28. The minimum Gasteiger partial charge on any atom is -0.494 e. The van der Waals surface area contributed by atoms with Crippen molar-refractivity contribution in [2.75, 3.05) is 20.2 Å². The lowest BCUT2D eigenvalue weighted by atomic mass is 9.81. The van der Waals surface area contributed by atoms with Crippen LogP contribution in [0, 0.1) is 5.82 Å². The summed E-state index contributed by atoms with van der Waals surface area (Å²) >= 11 is 0. The Morgan fingerprint density at radius 2 is 1.79 bits per heavy atom. The highest BCUT2D eigenvalue weighted by Gasteiger charge is 2.53. The quantitative estimate of drug-likeness (QED) is 0.655. The standard InChI is InChI=1S/C24H20F3N5O/c1-33-19-7-3-6-18(20(19)25)15-4-2-5-17(12-15)24(16-8-10-29-11-9-16)21-30-13-23(26,27)14-32(21)22(28)31-24/h2-12H,13-14H2,1H3,(H2,28,31)/t24-/m1/s1. The van der Waals surface area contributed by atoms with Crippen LogP contribution in [0.5, 0.6) is 5.75 Å². The maximum atomic E-state index is 15.0. The first kappa shape index (κ1) is 21.0. The number of benzene rings is 2. The molecule has 0 bridgehead atoms. The van der Waals surface area contributed by atoms with Gasteiger partial charge in [0.2, 0.25) is 0 Å². The minimum atomic E-state index is -3.02. The van der Waals surface area contributed by atoms with Crippen molar-refractivity contribution < 1.29 is 17.9 Å². The highest BCUT2D eigenvalue weighted by atomic mass is 19.3. The van der Waals surface area contributed by atoms with Gasteiger partial charge in [0, 0.05) is 18.0 Å². The molecule has 0 fully saturated rings. The van der Waals surface area contributed by atoms with Gasteiger partial charge in [-0.05, 0) is 41.0 Å². The van der Waals surface area contributed by atoms with Crippen LogP contribution in [0.3, 0.4) is 0 Å². The lowest BCUT2D eigenvalue weighted by Crippen LogP contribution is -2.53. The van der Waals surface area contributed by atoms with Crippen molar-refractivity contribution in [3.05, 3.63) is 83.9 Å². The van der Waals surface area contributed by atoms with E-state index in [-0.39, 0.29) is 11.7 Å². The monoisotopic (exact) mass is 451 g/mol. The molecule has 5 rings (SSSR count). The molecule has 168 valence electrons. The van der Waals surface area contributed by atoms with E-state index in [1.54, 1.807) is 60.9 Å². The number of amidine groups is 1. The van der Waals surface area contributed by atoms with Crippen molar-refractivity contribution in [3.63, 3.8) is 0 Å². The third-order valence-corrected chi connectivity index (χ3v) is 5.86. The van der Waals surface area contributed by atoms with Gasteiger partial charge in [-0.3, -0.25) is 14.9 Å². The van der Waals surface area contributed by atoms with Crippen molar-refractivity contribution in [1.82, 2.24) is 9.88 Å². The van der Waals surface area contributed by atoms with E-state index in [2.05, 4.69) is 15.0 Å². The summed E-state index contributed by atoms with van der Waals surface area (Å²) < 4.78 is 48.4. The highest BCUT2D eigenvalue weighted by molar-refractivity contribution is 6.12. The van der Waals surface area contributed by atoms with Crippen LogP contribution in [0.25, 0.3) is 11.1 Å². The number of aromatic nitrogens is 1. The lowest BCUT2D eigenvalue weighted by Gasteiger charge is -2.35. The van der Waals surface area contributed by atoms with E-state index >= 15 is 4.39 Å². The normalized spacial score (nSPS) is 21.3. The number of methoxy groups -OCH3 is 1. The molecule has 1 aromatic heterocycles. The molecule has 0 amide bonds. The summed E-state index contributed by atoms with van der Waals surface area (Å²) in [6.07, 6.45) is 3.18. The fraction of sp³-hybridized carbons (Fsp3) is 0.208. The predicted molar refractivity (Wildman–Crippen MR) is 119 cm³/mol. The molecule has 2 aromatic carbocycles. The number of nitrogens with zero attached hydrogens (tertiary/aromatic N) is 4. The van der Waals surface area contributed by atoms with Crippen molar-refractivity contribution in [2.24, 2.45) is 15.7 Å².